The Balaban J connectivity index is 2.01. The lowest BCUT2D eigenvalue weighted by Gasteiger charge is -2.26. The smallest absolute Gasteiger partial charge is 0.303 e. The van der Waals surface area contributed by atoms with E-state index in [9.17, 15) is 13.6 Å². The van der Waals surface area contributed by atoms with Crippen molar-refractivity contribution in [2.45, 2.75) is 31.3 Å². The Morgan fingerprint density at radius 2 is 2.19 bits per heavy atom. The van der Waals surface area contributed by atoms with Crippen molar-refractivity contribution in [2.24, 2.45) is 0 Å². The molecule has 0 radical (unpaired) electrons. The Labute approximate surface area is 122 Å². The summed E-state index contributed by atoms with van der Waals surface area (Å²) in [5, 5.41) is 11.9. The first-order valence-electron chi connectivity index (χ1n) is 7.09. The zero-order chi connectivity index (χ0) is 15.4. The second kappa shape index (κ2) is 6.95. The molecule has 2 atom stereocenters. The minimum Gasteiger partial charge on any atom is -0.481 e. The van der Waals surface area contributed by atoms with E-state index < -0.39 is 17.6 Å². The first-order chi connectivity index (χ1) is 9.99. The molecule has 1 saturated heterocycles. The monoisotopic (exact) mass is 298 g/mol. The number of aliphatic carboxylic acids is 1. The Morgan fingerprint density at radius 1 is 1.43 bits per heavy atom. The Bertz CT molecular complexity index is 510. The molecule has 1 aromatic rings. The molecule has 2 N–H and O–H groups in total. The number of carboxylic acids is 1. The van der Waals surface area contributed by atoms with Crippen molar-refractivity contribution in [2.75, 3.05) is 20.1 Å². The first kappa shape index (κ1) is 15.9. The van der Waals surface area contributed by atoms with E-state index in [1.54, 1.807) is 6.07 Å². The van der Waals surface area contributed by atoms with Crippen LogP contribution in [0.5, 0.6) is 0 Å². The van der Waals surface area contributed by atoms with E-state index >= 15 is 0 Å². The van der Waals surface area contributed by atoms with Gasteiger partial charge in [-0.2, -0.15) is 0 Å². The normalized spacial score (nSPS) is 22.6. The number of carbonyl (C=O) groups is 1. The third-order valence-electron chi connectivity index (χ3n) is 3.91. The third-order valence-corrected chi connectivity index (χ3v) is 3.91. The molecule has 116 valence electrons. The fourth-order valence-corrected chi connectivity index (χ4v) is 2.87. The second-order valence-corrected chi connectivity index (χ2v) is 5.45. The first-order valence-corrected chi connectivity index (χ1v) is 7.09. The van der Waals surface area contributed by atoms with Crippen molar-refractivity contribution >= 4 is 5.97 Å². The van der Waals surface area contributed by atoms with Crippen LogP contribution in [-0.4, -0.2) is 42.2 Å². The van der Waals surface area contributed by atoms with Crippen LogP contribution in [0.1, 0.15) is 30.9 Å². The van der Waals surface area contributed by atoms with Gasteiger partial charge in [-0.3, -0.25) is 9.69 Å². The SMILES string of the molecule is CN1CCC(NCCCC(=O)O)C1c1ccc(F)c(F)c1. The molecular formula is C15H20F2N2O2. The molecule has 1 aliphatic heterocycles. The molecule has 6 heteroatoms. The lowest BCUT2D eigenvalue weighted by Crippen LogP contribution is -2.35. The predicted octanol–water partition coefficient (Wildman–Crippen LogP) is 2.16. The minimum absolute atomic E-state index is 0.0232. The highest BCUT2D eigenvalue weighted by molar-refractivity contribution is 5.66. The number of likely N-dealkylation sites (tertiary alicyclic amines) is 1. The van der Waals surface area contributed by atoms with Gasteiger partial charge in [-0.15, -0.1) is 0 Å². The van der Waals surface area contributed by atoms with Crippen LogP contribution in [0.2, 0.25) is 0 Å². The molecule has 0 amide bonds. The summed E-state index contributed by atoms with van der Waals surface area (Å²) in [7, 11) is 1.95. The number of carboxylic acid groups (broad SMARTS) is 1. The number of likely N-dealkylation sites (N-methyl/N-ethyl adjacent to an activating group) is 1. The van der Waals surface area contributed by atoms with Gasteiger partial charge in [0.25, 0.3) is 0 Å². The van der Waals surface area contributed by atoms with Gasteiger partial charge in [0.2, 0.25) is 0 Å². The van der Waals surface area contributed by atoms with E-state index in [-0.39, 0.29) is 18.5 Å². The van der Waals surface area contributed by atoms with Crippen LogP contribution in [0.4, 0.5) is 8.78 Å². The summed E-state index contributed by atoms with van der Waals surface area (Å²) in [6, 6.07) is 4.10. The third kappa shape index (κ3) is 3.98. The van der Waals surface area contributed by atoms with Gasteiger partial charge in [0.1, 0.15) is 0 Å². The molecule has 1 aromatic carbocycles. The number of nitrogens with one attached hydrogen (secondary N) is 1. The van der Waals surface area contributed by atoms with Crippen LogP contribution in [-0.2, 0) is 4.79 Å². The van der Waals surface area contributed by atoms with E-state index in [1.807, 2.05) is 7.05 Å². The van der Waals surface area contributed by atoms with E-state index in [0.29, 0.717) is 13.0 Å². The molecule has 0 spiro atoms. The van der Waals surface area contributed by atoms with Crippen LogP contribution in [0.25, 0.3) is 0 Å². The highest BCUT2D eigenvalue weighted by Gasteiger charge is 2.32. The van der Waals surface area contributed by atoms with Gasteiger partial charge < -0.3 is 10.4 Å². The maximum Gasteiger partial charge on any atom is 0.303 e. The van der Waals surface area contributed by atoms with Crippen molar-refractivity contribution in [1.29, 1.82) is 0 Å². The van der Waals surface area contributed by atoms with E-state index in [0.717, 1.165) is 24.6 Å². The van der Waals surface area contributed by atoms with Crippen molar-refractivity contribution < 1.29 is 18.7 Å². The van der Waals surface area contributed by atoms with Gasteiger partial charge in [-0.05, 0) is 44.1 Å². The van der Waals surface area contributed by atoms with Gasteiger partial charge in [-0.25, -0.2) is 8.78 Å². The summed E-state index contributed by atoms with van der Waals surface area (Å²) in [6.07, 6.45) is 1.58. The van der Waals surface area contributed by atoms with Gasteiger partial charge in [0.05, 0.1) is 0 Å². The maximum absolute atomic E-state index is 13.4. The van der Waals surface area contributed by atoms with E-state index in [1.165, 1.54) is 6.07 Å². The number of hydrogen-bond donors (Lipinski definition) is 2. The molecule has 0 saturated carbocycles. The van der Waals surface area contributed by atoms with Gasteiger partial charge >= 0.3 is 5.97 Å². The molecular weight excluding hydrogens is 278 g/mol. The average molecular weight is 298 g/mol. The molecule has 21 heavy (non-hydrogen) atoms. The van der Waals surface area contributed by atoms with Gasteiger partial charge in [-0.1, -0.05) is 6.07 Å². The van der Waals surface area contributed by atoms with Crippen LogP contribution in [0.3, 0.4) is 0 Å². The summed E-state index contributed by atoms with van der Waals surface area (Å²) in [5.74, 6) is -2.49. The van der Waals surface area contributed by atoms with Crippen molar-refractivity contribution in [3.8, 4) is 0 Å². The average Bonchev–Trinajstić information content (AvgIpc) is 2.79. The molecule has 1 aliphatic rings. The molecule has 2 rings (SSSR count). The summed E-state index contributed by atoms with van der Waals surface area (Å²) < 4.78 is 26.4. The van der Waals surface area contributed by atoms with E-state index in [4.69, 9.17) is 5.11 Å². The van der Waals surface area contributed by atoms with Crippen LogP contribution < -0.4 is 5.32 Å². The molecule has 0 aromatic heterocycles. The van der Waals surface area contributed by atoms with Gasteiger partial charge in [0, 0.05) is 25.0 Å². The van der Waals surface area contributed by atoms with Crippen LogP contribution in [0.15, 0.2) is 18.2 Å². The Morgan fingerprint density at radius 3 is 2.86 bits per heavy atom. The molecule has 1 fully saturated rings. The van der Waals surface area contributed by atoms with Crippen molar-refractivity contribution in [1.82, 2.24) is 10.2 Å². The zero-order valence-electron chi connectivity index (χ0n) is 12.0. The summed E-state index contributed by atoms with van der Waals surface area (Å²) in [6.45, 7) is 1.46. The predicted molar refractivity (Wildman–Crippen MR) is 75.0 cm³/mol. The van der Waals surface area contributed by atoms with Crippen LogP contribution in [0, 0.1) is 11.6 Å². The number of nitrogens with zero attached hydrogens (tertiary/aromatic N) is 1. The second-order valence-electron chi connectivity index (χ2n) is 5.45. The standard InChI is InChI=1S/C15H20F2N2O2/c1-19-8-6-13(18-7-2-3-14(20)21)15(19)10-4-5-11(16)12(17)9-10/h4-5,9,13,15,18H,2-3,6-8H2,1H3,(H,20,21). The quantitative estimate of drug-likeness (QED) is 0.790. The topological polar surface area (TPSA) is 52.6 Å². The number of rotatable bonds is 6. The summed E-state index contributed by atoms with van der Waals surface area (Å²) in [5.41, 5.74) is 0.740. The molecule has 2 unspecified atom stereocenters. The summed E-state index contributed by atoms with van der Waals surface area (Å²) in [4.78, 5) is 12.6. The fourth-order valence-electron chi connectivity index (χ4n) is 2.87. The molecule has 4 nitrogen and oxygen atoms in total. The maximum atomic E-state index is 13.4. The number of halogens is 2. The number of benzene rings is 1. The molecule has 1 heterocycles. The lowest BCUT2D eigenvalue weighted by molar-refractivity contribution is -0.137. The van der Waals surface area contributed by atoms with Gasteiger partial charge in [0.15, 0.2) is 11.6 Å². The molecule has 0 aliphatic carbocycles. The van der Waals surface area contributed by atoms with Crippen molar-refractivity contribution in [3.63, 3.8) is 0 Å². The lowest BCUT2D eigenvalue weighted by atomic mass is 10.00. The number of hydrogen-bond acceptors (Lipinski definition) is 3. The van der Waals surface area contributed by atoms with Crippen LogP contribution >= 0.6 is 0 Å². The minimum atomic E-state index is -0.842. The zero-order valence-corrected chi connectivity index (χ0v) is 12.0. The summed E-state index contributed by atoms with van der Waals surface area (Å²) >= 11 is 0. The highest BCUT2D eigenvalue weighted by atomic mass is 19.2. The van der Waals surface area contributed by atoms with E-state index in [2.05, 4.69) is 10.2 Å². The fraction of sp³-hybridized carbons (Fsp3) is 0.533. The van der Waals surface area contributed by atoms with Crippen molar-refractivity contribution in [3.05, 3.63) is 35.4 Å². The largest absolute Gasteiger partial charge is 0.481 e. The molecule has 0 bridgehead atoms. The Kier molecular flexibility index (Phi) is 5.25. The Hall–Kier alpha value is -1.53. The highest BCUT2D eigenvalue weighted by Crippen LogP contribution is 2.31.